The number of hydrogen-bond acceptors (Lipinski definition) is 2. The van der Waals surface area contributed by atoms with E-state index in [1.54, 1.807) is 0 Å². The first-order valence-electron chi connectivity index (χ1n) is 14.2. The van der Waals surface area contributed by atoms with Gasteiger partial charge in [-0.2, -0.15) is 0 Å². The molecule has 0 N–H and O–H groups in total. The molecule has 0 fully saturated rings. The zero-order valence-corrected chi connectivity index (χ0v) is 22.9. The summed E-state index contributed by atoms with van der Waals surface area (Å²) in [7, 11) is 0. The summed E-state index contributed by atoms with van der Waals surface area (Å²) in [5.74, 6) is 0. The van der Waals surface area contributed by atoms with Crippen molar-refractivity contribution in [2.45, 2.75) is 0 Å². The van der Waals surface area contributed by atoms with Gasteiger partial charge in [-0.3, -0.25) is 4.98 Å². The number of para-hydroxylation sites is 1. The second-order valence-corrected chi connectivity index (χ2v) is 10.6. The molecule has 0 saturated heterocycles. The van der Waals surface area contributed by atoms with Gasteiger partial charge in [0.25, 0.3) is 0 Å². The Kier molecular flexibility index (Phi) is 5.82. The molecule has 0 radical (unpaired) electrons. The van der Waals surface area contributed by atoms with Crippen molar-refractivity contribution in [1.29, 1.82) is 0 Å². The standard InChI is InChI=1S/C40H26N2/c1-2-9-28(10-3-1)36-26-38(42-37-23-22-29-11-4-5-16-34(29)39(36)37)33-14-6-13-32(25-33)27-18-20-30(21-19-27)35-17-7-12-31-15-8-24-41-40(31)35/h1-26H. The molecule has 0 unspecified atom stereocenters. The molecule has 2 heterocycles. The van der Waals surface area contributed by atoms with Crippen molar-refractivity contribution in [3.8, 4) is 44.6 Å². The zero-order chi connectivity index (χ0) is 27.9. The van der Waals surface area contributed by atoms with Crippen molar-refractivity contribution in [3.05, 3.63) is 158 Å². The summed E-state index contributed by atoms with van der Waals surface area (Å²) >= 11 is 0. The highest BCUT2D eigenvalue weighted by atomic mass is 14.7. The fourth-order valence-corrected chi connectivity index (χ4v) is 6.04. The molecule has 0 aliphatic heterocycles. The van der Waals surface area contributed by atoms with E-state index < -0.39 is 0 Å². The molecule has 0 amide bonds. The Balaban J connectivity index is 1.23. The SMILES string of the molecule is c1ccc(-c2cc(-c3cccc(-c4ccc(-c5cccc6cccnc56)cc4)c3)nc3ccc4ccccc4c23)cc1. The van der Waals surface area contributed by atoms with Crippen LogP contribution in [0.1, 0.15) is 0 Å². The molecule has 2 heteroatoms. The van der Waals surface area contributed by atoms with E-state index >= 15 is 0 Å². The van der Waals surface area contributed by atoms with E-state index in [-0.39, 0.29) is 0 Å². The van der Waals surface area contributed by atoms with Crippen LogP contribution < -0.4 is 0 Å². The van der Waals surface area contributed by atoms with Crippen LogP contribution in [0.15, 0.2) is 158 Å². The molecule has 0 bridgehead atoms. The van der Waals surface area contributed by atoms with Gasteiger partial charge in [0.15, 0.2) is 0 Å². The van der Waals surface area contributed by atoms with Crippen molar-refractivity contribution >= 4 is 32.6 Å². The number of hydrogen-bond donors (Lipinski definition) is 0. The number of nitrogens with zero attached hydrogens (tertiary/aromatic N) is 2. The summed E-state index contributed by atoms with van der Waals surface area (Å²) in [6, 6.07) is 53.7. The monoisotopic (exact) mass is 534 g/mol. The predicted octanol–water partition coefficient (Wildman–Crippen LogP) is 10.6. The van der Waals surface area contributed by atoms with E-state index in [1.807, 2.05) is 12.3 Å². The molecule has 0 atom stereocenters. The second kappa shape index (κ2) is 10.1. The number of benzene rings is 6. The number of aromatic nitrogens is 2. The predicted molar refractivity (Wildman–Crippen MR) is 176 cm³/mol. The Morgan fingerprint density at radius 3 is 2.00 bits per heavy atom. The molecule has 8 aromatic rings. The van der Waals surface area contributed by atoms with Gasteiger partial charge in [-0.1, -0.05) is 127 Å². The number of pyridine rings is 2. The molecule has 6 aromatic carbocycles. The van der Waals surface area contributed by atoms with Gasteiger partial charge in [-0.05, 0) is 62.9 Å². The topological polar surface area (TPSA) is 25.8 Å². The first-order valence-corrected chi connectivity index (χ1v) is 14.2. The van der Waals surface area contributed by atoms with Crippen molar-refractivity contribution in [2.75, 3.05) is 0 Å². The summed E-state index contributed by atoms with van der Waals surface area (Å²) in [5.41, 5.74) is 11.1. The van der Waals surface area contributed by atoms with Crippen LogP contribution in [-0.2, 0) is 0 Å². The Bertz CT molecular complexity index is 2230. The number of rotatable bonds is 4. The molecule has 196 valence electrons. The molecule has 0 spiro atoms. The van der Waals surface area contributed by atoms with Crippen molar-refractivity contribution in [2.24, 2.45) is 0 Å². The first-order chi connectivity index (χ1) is 20.8. The maximum absolute atomic E-state index is 5.19. The first kappa shape index (κ1) is 24.2. The summed E-state index contributed by atoms with van der Waals surface area (Å²) in [5, 5.41) is 4.79. The van der Waals surface area contributed by atoms with Gasteiger partial charge < -0.3 is 0 Å². The lowest BCUT2D eigenvalue weighted by Crippen LogP contribution is -1.92. The quantitative estimate of drug-likeness (QED) is 0.210. The molecule has 2 aromatic heterocycles. The molecular formula is C40H26N2. The highest BCUT2D eigenvalue weighted by Crippen LogP contribution is 2.37. The summed E-state index contributed by atoms with van der Waals surface area (Å²) < 4.78 is 0. The van der Waals surface area contributed by atoms with Crippen molar-refractivity contribution < 1.29 is 0 Å². The van der Waals surface area contributed by atoms with Crippen LogP contribution in [0.3, 0.4) is 0 Å². The van der Waals surface area contributed by atoms with Gasteiger partial charge in [0.1, 0.15) is 0 Å². The maximum atomic E-state index is 5.19. The Morgan fingerprint density at radius 1 is 0.405 bits per heavy atom. The van der Waals surface area contributed by atoms with Crippen molar-refractivity contribution in [1.82, 2.24) is 9.97 Å². The summed E-state index contributed by atoms with van der Waals surface area (Å²) in [6.45, 7) is 0. The third-order valence-corrected chi connectivity index (χ3v) is 8.10. The van der Waals surface area contributed by atoms with Gasteiger partial charge in [0, 0.05) is 28.1 Å². The average molecular weight is 535 g/mol. The summed E-state index contributed by atoms with van der Waals surface area (Å²) in [6.07, 6.45) is 1.86. The molecule has 0 saturated carbocycles. The normalized spacial score (nSPS) is 11.3. The van der Waals surface area contributed by atoms with Crippen LogP contribution in [-0.4, -0.2) is 9.97 Å². The van der Waals surface area contributed by atoms with Crippen LogP contribution in [0.5, 0.6) is 0 Å². The van der Waals surface area contributed by atoms with Crippen LogP contribution in [0.25, 0.3) is 77.2 Å². The smallest absolute Gasteiger partial charge is 0.0780 e. The van der Waals surface area contributed by atoms with Gasteiger partial charge >= 0.3 is 0 Å². The van der Waals surface area contributed by atoms with Gasteiger partial charge in [-0.15, -0.1) is 0 Å². The fourth-order valence-electron chi connectivity index (χ4n) is 6.04. The van der Waals surface area contributed by atoms with Crippen LogP contribution >= 0.6 is 0 Å². The molecular weight excluding hydrogens is 508 g/mol. The third kappa shape index (κ3) is 4.22. The Morgan fingerprint density at radius 2 is 1.10 bits per heavy atom. The van der Waals surface area contributed by atoms with E-state index in [0.29, 0.717) is 0 Å². The van der Waals surface area contributed by atoms with Crippen molar-refractivity contribution in [3.63, 3.8) is 0 Å². The van der Waals surface area contributed by atoms with E-state index in [9.17, 15) is 0 Å². The lowest BCUT2D eigenvalue weighted by Gasteiger charge is -2.14. The number of fused-ring (bicyclic) bond motifs is 4. The Hall–Kier alpha value is -5.60. The average Bonchev–Trinajstić information content (AvgIpc) is 3.08. The van der Waals surface area contributed by atoms with E-state index in [4.69, 9.17) is 4.98 Å². The molecule has 0 aliphatic carbocycles. The maximum Gasteiger partial charge on any atom is 0.0780 e. The molecule has 2 nitrogen and oxygen atoms in total. The minimum absolute atomic E-state index is 0.969. The fraction of sp³-hybridized carbons (Fsp3) is 0. The zero-order valence-electron chi connectivity index (χ0n) is 22.9. The lowest BCUT2D eigenvalue weighted by atomic mass is 9.93. The van der Waals surface area contributed by atoms with Crippen LogP contribution in [0, 0.1) is 0 Å². The highest BCUT2D eigenvalue weighted by molar-refractivity contribution is 6.13. The molecule has 42 heavy (non-hydrogen) atoms. The molecule has 0 aliphatic rings. The van der Waals surface area contributed by atoms with E-state index in [1.165, 1.54) is 32.8 Å². The largest absolute Gasteiger partial charge is 0.256 e. The summed E-state index contributed by atoms with van der Waals surface area (Å²) in [4.78, 5) is 9.84. The van der Waals surface area contributed by atoms with Crippen LogP contribution in [0.2, 0.25) is 0 Å². The van der Waals surface area contributed by atoms with Gasteiger partial charge in [0.05, 0.1) is 16.7 Å². The van der Waals surface area contributed by atoms with Gasteiger partial charge in [0.2, 0.25) is 0 Å². The lowest BCUT2D eigenvalue weighted by molar-refractivity contribution is 1.40. The van der Waals surface area contributed by atoms with E-state index in [2.05, 4.69) is 151 Å². The van der Waals surface area contributed by atoms with Crippen LogP contribution in [0.4, 0.5) is 0 Å². The highest BCUT2D eigenvalue weighted by Gasteiger charge is 2.13. The third-order valence-electron chi connectivity index (χ3n) is 8.10. The van der Waals surface area contributed by atoms with Gasteiger partial charge in [-0.25, -0.2) is 4.98 Å². The second-order valence-electron chi connectivity index (χ2n) is 10.6. The minimum atomic E-state index is 0.969. The van der Waals surface area contributed by atoms with E-state index in [0.717, 1.165) is 44.4 Å². The Labute approximate surface area is 244 Å². The minimum Gasteiger partial charge on any atom is -0.256 e. The molecule has 8 rings (SSSR count).